The number of nitrogens with zero attached hydrogens (tertiary/aromatic N) is 4. The Hall–Kier alpha value is -4.35. The first-order valence-corrected chi connectivity index (χ1v) is 15.8. The van der Waals surface area contributed by atoms with Gasteiger partial charge in [0, 0.05) is 59.7 Å². The number of aryl methyl sites for hydroxylation is 2. The Labute approximate surface area is 271 Å². The molecule has 0 amide bonds. The van der Waals surface area contributed by atoms with E-state index in [2.05, 4.69) is 26.8 Å². The number of fused-ring (bicyclic) bond motifs is 2. The zero-order valence-corrected chi connectivity index (χ0v) is 26.6. The van der Waals surface area contributed by atoms with Gasteiger partial charge in [-0.2, -0.15) is 5.10 Å². The minimum Gasteiger partial charge on any atom is -0.481 e. The Bertz CT molecular complexity index is 2010. The molecule has 3 N–H and O–H groups in total. The van der Waals surface area contributed by atoms with Gasteiger partial charge in [0.25, 0.3) is 5.56 Å². The van der Waals surface area contributed by atoms with Gasteiger partial charge in [-0.1, -0.05) is 41.9 Å². The Balaban J connectivity index is 1.23. The number of benzene rings is 2. The minimum absolute atomic E-state index is 0.0348. The number of hydrogen-bond acceptors (Lipinski definition) is 9. The lowest BCUT2D eigenvalue weighted by Gasteiger charge is -2.31. The molecule has 1 saturated heterocycles. The van der Waals surface area contributed by atoms with E-state index in [0.717, 1.165) is 64.0 Å². The van der Waals surface area contributed by atoms with Crippen LogP contribution in [0.5, 0.6) is 5.88 Å². The fourth-order valence-electron chi connectivity index (χ4n) is 6.64. The number of anilines is 2. The molecule has 10 nitrogen and oxygen atoms in total. The van der Waals surface area contributed by atoms with Crippen LogP contribution in [-0.4, -0.2) is 57.3 Å². The Morgan fingerprint density at radius 1 is 1.11 bits per heavy atom. The number of ether oxygens (including phenoxy) is 2. The number of aliphatic hydroxyl groups is 1. The van der Waals surface area contributed by atoms with Crippen molar-refractivity contribution in [3.63, 3.8) is 0 Å². The van der Waals surface area contributed by atoms with Crippen LogP contribution >= 0.6 is 11.6 Å². The van der Waals surface area contributed by atoms with E-state index in [9.17, 15) is 9.90 Å². The predicted octanol–water partition coefficient (Wildman–Crippen LogP) is 5.50. The van der Waals surface area contributed by atoms with Gasteiger partial charge >= 0.3 is 0 Å². The molecule has 0 saturated carbocycles. The summed E-state index contributed by atoms with van der Waals surface area (Å²) in [7, 11) is 3.26. The summed E-state index contributed by atoms with van der Waals surface area (Å²) in [6.45, 7) is 2.99. The molecule has 4 heterocycles. The number of halogens is 1. The van der Waals surface area contributed by atoms with E-state index in [1.54, 1.807) is 32.6 Å². The van der Waals surface area contributed by atoms with Gasteiger partial charge in [0.1, 0.15) is 5.82 Å². The van der Waals surface area contributed by atoms with Gasteiger partial charge in [-0.3, -0.25) is 4.79 Å². The summed E-state index contributed by atoms with van der Waals surface area (Å²) >= 11 is 7.18. The van der Waals surface area contributed by atoms with Crippen molar-refractivity contribution in [2.24, 2.45) is 7.05 Å². The summed E-state index contributed by atoms with van der Waals surface area (Å²) in [5.41, 5.74) is 7.09. The van der Waals surface area contributed by atoms with E-state index < -0.39 is 6.10 Å². The highest BCUT2D eigenvalue weighted by molar-refractivity contribution is 6.36. The van der Waals surface area contributed by atoms with Gasteiger partial charge < -0.3 is 25.2 Å². The normalized spacial score (nSPS) is 19.3. The van der Waals surface area contributed by atoms with Gasteiger partial charge in [0.05, 0.1) is 42.1 Å². The third-order valence-electron chi connectivity index (χ3n) is 9.11. The molecule has 3 aromatic heterocycles. The largest absolute Gasteiger partial charge is 0.481 e. The lowest BCUT2D eigenvalue weighted by atomic mass is 9.96. The molecule has 3 atom stereocenters. The van der Waals surface area contributed by atoms with Crippen LogP contribution in [0.1, 0.15) is 35.6 Å². The topological polar surface area (TPSA) is 123 Å². The molecular weight excluding hydrogens is 604 g/mol. The maximum absolute atomic E-state index is 12.9. The van der Waals surface area contributed by atoms with Crippen molar-refractivity contribution in [3.05, 3.63) is 93.0 Å². The molecule has 46 heavy (non-hydrogen) atoms. The smallest absolute Gasteiger partial charge is 0.278 e. The minimum atomic E-state index is -0.539. The average molecular weight is 639 g/mol. The maximum Gasteiger partial charge on any atom is 0.278 e. The Kier molecular flexibility index (Phi) is 8.20. The fraction of sp³-hybridized carbons (Fsp3) is 0.314. The maximum atomic E-state index is 12.9. The summed E-state index contributed by atoms with van der Waals surface area (Å²) in [5.74, 6) is 1.03. The molecular formula is C35H35ClN6O4. The summed E-state index contributed by atoms with van der Waals surface area (Å²) in [4.78, 5) is 22.4. The third kappa shape index (κ3) is 5.41. The zero-order chi connectivity index (χ0) is 31.9. The molecule has 0 bridgehead atoms. The van der Waals surface area contributed by atoms with E-state index in [1.165, 1.54) is 4.68 Å². The number of hydrogen-bond donors (Lipinski definition) is 3. The molecule has 2 aliphatic rings. The van der Waals surface area contributed by atoms with Crippen LogP contribution in [-0.2, 0) is 18.2 Å². The van der Waals surface area contributed by atoms with E-state index in [-0.39, 0.29) is 17.6 Å². The van der Waals surface area contributed by atoms with Crippen molar-refractivity contribution in [2.45, 2.75) is 44.4 Å². The van der Waals surface area contributed by atoms with Crippen LogP contribution in [0.15, 0.2) is 65.7 Å². The second kappa shape index (κ2) is 12.4. The lowest BCUT2D eigenvalue weighted by molar-refractivity contribution is -0.0304. The molecule has 1 fully saturated rings. The first-order valence-electron chi connectivity index (χ1n) is 15.4. The van der Waals surface area contributed by atoms with Gasteiger partial charge in [-0.05, 0) is 61.1 Å². The summed E-state index contributed by atoms with van der Waals surface area (Å²) in [5, 5.41) is 23.4. The molecule has 5 aromatic rings. The first-order chi connectivity index (χ1) is 22.3. The molecule has 7 rings (SSSR count). The highest BCUT2D eigenvalue weighted by atomic mass is 35.5. The highest BCUT2D eigenvalue weighted by Crippen LogP contribution is 2.43. The Morgan fingerprint density at radius 2 is 1.91 bits per heavy atom. The fourth-order valence-corrected chi connectivity index (χ4v) is 6.96. The molecule has 11 heteroatoms. The van der Waals surface area contributed by atoms with Crippen LogP contribution < -0.4 is 20.9 Å². The van der Waals surface area contributed by atoms with Crippen molar-refractivity contribution in [1.29, 1.82) is 0 Å². The summed E-state index contributed by atoms with van der Waals surface area (Å²) in [6.07, 6.45) is 5.30. The number of nitrogens with one attached hydrogen (secondary N) is 2. The molecule has 0 spiro atoms. The molecule has 236 valence electrons. The van der Waals surface area contributed by atoms with E-state index in [0.29, 0.717) is 40.7 Å². The quantitative estimate of drug-likeness (QED) is 0.212. The number of pyridine rings is 2. The third-order valence-corrected chi connectivity index (χ3v) is 9.51. The van der Waals surface area contributed by atoms with Gasteiger partial charge in [0.2, 0.25) is 5.88 Å². The van der Waals surface area contributed by atoms with Crippen LogP contribution in [0.25, 0.3) is 33.2 Å². The van der Waals surface area contributed by atoms with Crippen molar-refractivity contribution >= 4 is 33.9 Å². The number of aliphatic hydroxyl groups excluding tert-OH is 1. The van der Waals surface area contributed by atoms with E-state index in [1.807, 2.05) is 43.3 Å². The standard InChI is InChI=1S/C35H35ClN6O4/c1-19-22(6-5-9-25(19)40-33-31-21(12-14-37-33)17-38-42(2)35(31)44)23-7-4-8-24(32(23)36)28-16-20-10-11-27(30(20)34(41-28)45-3)39-26-13-15-46-18-29(26)43/h4-9,12,14,16-17,26-27,29,39,43H,10-11,13,15,18H2,1-3H3,(H,37,40)/t26-,27-,29+/m0/s1. The molecule has 0 unspecified atom stereocenters. The second-order valence-corrected chi connectivity index (χ2v) is 12.2. The number of methoxy groups -OCH3 is 1. The lowest BCUT2D eigenvalue weighted by Crippen LogP contribution is -2.47. The van der Waals surface area contributed by atoms with Crippen LogP contribution in [0, 0.1) is 6.92 Å². The van der Waals surface area contributed by atoms with Crippen molar-refractivity contribution in [1.82, 2.24) is 25.1 Å². The van der Waals surface area contributed by atoms with Crippen molar-refractivity contribution in [3.8, 4) is 28.3 Å². The zero-order valence-electron chi connectivity index (χ0n) is 25.9. The molecule has 1 aliphatic heterocycles. The van der Waals surface area contributed by atoms with Gasteiger partial charge in [-0.15, -0.1) is 0 Å². The molecule has 0 radical (unpaired) electrons. The predicted molar refractivity (Wildman–Crippen MR) is 179 cm³/mol. The molecule has 2 aromatic carbocycles. The number of aromatic nitrogens is 4. The van der Waals surface area contributed by atoms with E-state index in [4.69, 9.17) is 26.1 Å². The van der Waals surface area contributed by atoms with E-state index >= 15 is 0 Å². The number of rotatable bonds is 7. The summed E-state index contributed by atoms with van der Waals surface area (Å²) in [6, 6.07) is 15.8. The van der Waals surface area contributed by atoms with Crippen LogP contribution in [0.4, 0.5) is 11.5 Å². The van der Waals surface area contributed by atoms with Crippen molar-refractivity contribution < 1.29 is 14.6 Å². The highest BCUT2D eigenvalue weighted by Gasteiger charge is 2.33. The first kappa shape index (κ1) is 30.3. The van der Waals surface area contributed by atoms with Crippen molar-refractivity contribution in [2.75, 3.05) is 25.6 Å². The monoisotopic (exact) mass is 638 g/mol. The van der Waals surface area contributed by atoms with Crippen LogP contribution in [0.2, 0.25) is 5.02 Å². The molecule has 1 aliphatic carbocycles. The Morgan fingerprint density at radius 3 is 2.74 bits per heavy atom. The van der Waals surface area contributed by atoms with Gasteiger partial charge in [-0.25, -0.2) is 14.6 Å². The SMILES string of the molecule is COc1nc(-c2cccc(-c3cccc(Nc4nccc5cnn(C)c(=O)c45)c3C)c2Cl)cc2c1[C@@H](N[C@H]1CCOC[C@H]1O)CC2. The second-order valence-electron chi connectivity index (χ2n) is 11.9. The average Bonchev–Trinajstić information content (AvgIpc) is 3.47. The van der Waals surface area contributed by atoms with Gasteiger partial charge in [0.15, 0.2) is 0 Å². The van der Waals surface area contributed by atoms with Crippen LogP contribution in [0.3, 0.4) is 0 Å². The summed E-state index contributed by atoms with van der Waals surface area (Å²) < 4.78 is 12.6.